The monoisotopic (exact) mass is 433 g/mol. The maximum atomic E-state index is 12.8. The Hall–Kier alpha value is -3.23. The molecule has 1 aromatic carbocycles. The molecule has 0 heterocycles. The number of primary amides is 1. The van der Waals surface area contributed by atoms with Gasteiger partial charge in [-0.15, -0.1) is 0 Å². The molecular weight excluding hydrogens is 402 g/mol. The van der Waals surface area contributed by atoms with E-state index in [1.54, 1.807) is 38.1 Å². The molecule has 170 valence electrons. The molecule has 2 atom stereocenters. The number of nitrogens with two attached hydrogens (primary N) is 1. The van der Waals surface area contributed by atoms with Crippen LogP contribution in [0.1, 0.15) is 45.1 Å². The molecule has 3 amide bonds. The highest BCUT2D eigenvalue weighted by molar-refractivity contribution is 6.37. The van der Waals surface area contributed by atoms with E-state index in [4.69, 9.17) is 5.73 Å². The van der Waals surface area contributed by atoms with Crippen LogP contribution >= 0.6 is 0 Å². The minimum Gasteiger partial charge on any atom is -0.469 e. The lowest BCUT2D eigenvalue weighted by atomic mass is 9.99. The standard InChI is InChI=1S/C22H31N3O6/c1-14(2)19(25-17(26)11-7-8-12-18(27)31-3)22(30)24-16(20(28)21(23)29)13-15-9-5-4-6-10-15/h4-6,9-10,14,16,19H,7-8,11-13H2,1-3H3,(H2,23,29)(H,24,30)(H,25,26)/t16?,19-/m0/s1. The molecule has 9 heteroatoms. The van der Waals surface area contributed by atoms with E-state index in [9.17, 15) is 24.0 Å². The summed E-state index contributed by atoms with van der Waals surface area (Å²) in [7, 11) is 1.30. The summed E-state index contributed by atoms with van der Waals surface area (Å²) in [6, 6.07) is 6.87. The van der Waals surface area contributed by atoms with E-state index < -0.39 is 29.7 Å². The lowest BCUT2D eigenvalue weighted by molar-refractivity contribution is -0.140. The summed E-state index contributed by atoms with van der Waals surface area (Å²) in [5.74, 6) is -3.58. The second-order valence-corrected chi connectivity index (χ2v) is 7.55. The van der Waals surface area contributed by atoms with Crippen LogP contribution in [0.2, 0.25) is 0 Å². The van der Waals surface area contributed by atoms with Crippen molar-refractivity contribution in [1.82, 2.24) is 10.6 Å². The molecule has 0 spiro atoms. The van der Waals surface area contributed by atoms with Crippen molar-refractivity contribution in [2.75, 3.05) is 7.11 Å². The number of hydrogen-bond donors (Lipinski definition) is 3. The molecule has 0 fully saturated rings. The van der Waals surface area contributed by atoms with Crippen LogP contribution in [0.25, 0.3) is 0 Å². The van der Waals surface area contributed by atoms with Crippen molar-refractivity contribution in [3.8, 4) is 0 Å². The lowest BCUT2D eigenvalue weighted by Gasteiger charge is -2.24. The molecule has 0 aromatic heterocycles. The van der Waals surface area contributed by atoms with Crippen LogP contribution in [-0.4, -0.2) is 48.7 Å². The topological polar surface area (TPSA) is 145 Å². The van der Waals surface area contributed by atoms with Crippen molar-refractivity contribution in [1.29, 1.82) is 0 Å². The van der Waals surface area contributed by atoms with E-state index in [-0.39, 0.29) is 37.1 Å². The third-order valence-corrected chi connectivity index (χ3v) is 4.69. The zero-order valence-corrected chi connectivity index (χ0v) is 18.2. The summed E-state index contributed by atoms with van der Waals surface area (Å²) in [6.45, 7) is 3.51. The van der Waals surface area contributed by atoms with Crippen LogP contribution in [0.4, 0.5) is 0 Å². The first-order valence-electron chi connectivity index (χ1n) is 10.2. The Morgan fingerprint density at radius 2 is 1.58 bits per heavy atom. The summed E-state index contributed by atoms with van der Waals surface area (Å²) in [4.78, 5) is 59.8. The Bertz CT molecular complexity index is 779. The van der Waals surface area contributed by atoms with E-state index in [2.05, 4.69) is 15.4 Å². The molecule has 4 N–H and O–H groups in total. The average molecular weight is 434 g/mol. The largest absolute Gasteiger partial charge is 0.469 e. The average Bonchev–Trinajstić information content (AvgIpc) is 2.74. The Kier molecular flexibility index (Phi) is 10.9. The Labute approximate surface area is 182 Å². The predicted molar refractivity (Wildman–Crippen MR) is 114 cm³/mol. The van der Waals surface area contributed by atoms with E-state index >= 15 is 0 Å². The molecule has 0 saturated carbocycles. The normalized spacial score (nSPS) is 12.5. The van der Waals surface area contributed by atoms with Gasteiger partial charge in [0.1, 0.15) is 12.1 Å². The number of rotatable bonds is 13. The summed E-state index contributed by atoms with van der Waals surface area (Å²) in [5, 5.41) is 5.22. The zero-order valence-electron chi connectivity index (χ0n) is 18.2. The first kappa shape index (κ1) is 25.8. The van der Waals surface area contributed by atoms with Crippen molar-refractivity contribution in [2.24, 2.45) is 11.7 Å². The molecule has 9 nitrogen and oxygen atoms in total. The van der Waals surface area contributed by atoms with Crippen LogP contribution in [-0.2, 0) is 35.1 Å². The molecule has 0 saturated heterocycles. The quantitative estimate of drug-likeness (QED) is 0.237. The van der Waals surface area contributed by atoms with Gasteiger partial charge in [-0.2, -0.15) is 0 Å². The van der Waals surface area contributed by atoms with E-state index in [0.717, 1.165) is 5.56 Å². The Morgan fingerprint density at radius 3 is 2.13 bits per heavy atom. The van der Waals surface area contributed by atoms with E-state index in [1.165, 1.54) is 7.11 Å². The Balaban J connectivity index is 2.75. The molecule has 1 unspecified atom stereocenters. The van der Waals surface area contributed by atoms with Crippen molar-refractivity contribution >= 4 is 29.5 Å². The second kappa shape index (κ2) is 13.1. The lowest BCUT2D eigenvalue weighted by Crippen LogP contribution is -2.55. The van der Waals surface area contributed by atoms with Crippen molar-refractivity contribution < 1.29 is 28.7 Å². The second-order valence-electron chi connectivity index (χ2n) is 7.55. The molecule has 0 radical (unpaired) electrons. The summed E-state index contributed by atoms with van der Waals surface area (Å²) in [6.07, 6.45) is 1.41. The highest BCUT2D eigenvalue weighted by atomic mass is 16.5. The first-order valence-corrected chi connectivity index (χ1v) is 10.2. The predicted octanol–water partition coefficient (Wildman–Crippen LogP) is 0.643. The summed E-state index contributed by atoms with van der Waals surface area (Å²) in [5.41, 5.74) is 5.89. The number of unbranched alkanes of at least 4 members (excludes halogenated alkanes) is 1. The molecule has 31 heavy (non-hydrogen) atoms. The molecule has 0 aliphatic heterocycles. The van der Waals surface area contributed by atoms with Crippen molar-refractivity contribution in [3.05, 3.63) is 35.9 Å². The number of amides is 3. The number of nitrogens with one attached hydrogen (secondary N) is 2. The molecule has 1 rings (SSSR count). The third kappa shape index (κ3) is 9.41. The van der Waals surface area contributed by atoms with E-state index in [1.807, 2.05) is 6.07 Å². The fourth-order valence-corrected chi connectivity index (χ4v) is 2.93. The van der Waals surface area contributed by atoms with Gasteiger partial charge in [-0.25, -0.2) is 0 Å². The molecule has 1 aromatic rings. The minimum absolute atomic E-state index is 0.0979. The number of esters is 1. The van der Waals surface area contributed by atoms with Gasteiger partial charge in [-0.1, -0.05) is 44.2 Å². The van der Waals surface area contributed by atoms with Gasteiger partial charge >= 0.3 is 5.97 Å². The summed E-state index contributed by atoms with van der Waals surface area (Å²) < 4.78 is 4.55. The van der Waals surface area contributed by atoms with E-state index in [0.29, 0.717) is 12.8 Å². The summed E-state index contributed by atoms with van der Waals surface area (Å²) >= 11 is 0. The highest BCUT2D eigenvalue weighted by Gasteiger charge is 2.30. The van der Waals surface area contributed by atoms with Crippen LogP contribution < -0.4 is 16.4 Å². The number of benzene rings is 1. The Morgan fingerprint density at radius 1 is 0.968 bits per heavy atom. The zero-order chi connectivity index (χ0) is 23.4. The van der Waals surface area contributed by atoms with Gasteiger partial charge < -0.3 is 21.1 Å². The van der Waals surface area contributed by atoms with Crippen LogP contribution in [0.5, 0.6) is 0 Å². The third-order valence-electron chi connectivity index (χ3n) is 4.69. The van der Waals surface area contributed by atoms with Crippen molar-refractivity contribution in [2.45, 2.75) is 58.0 Å². The van der Waals surface area contributed by atoms with Crippen molar-refractivity contribution in [3.63, 3.8) is 0 Å². The van der Waals surface area contributed by atoms with Crippen LogP contribution in [0.15, 0.2) is 30.3 Å². The number of ketones is 1. The fraction of sp³-hybridized carbons (Fsp3) is 0.500. The van der Waals surface area contributed by atoms with Gasteiger partial charge in [0.2, 0.25) is 17.6 Å². The number of hydrogen-bond acceptors (Lipinski definition) is 6. The number of ether oxygens (including phenoxy) is 1. The first-order chi connectivity index (χ1) is 14.6. The SMILES string of the molecule is COC(=O)CCCCC(=O)N[C@H](C(=O)NC(Cc1ccccc1)C(=O)C(N)=O)C(C)C. The molecule has 0 bridgehead atoms. The highest BCUT2D eigenvalue weighted by Crippen LogP contribution is 2.08. The number of carbonyl (C=O) groups is 5. The smallest absolute Gasteiger partial charge is 0.305 e. The number of methoxy groups -OCH3 is 1. The molecule has 0 aliphatic rings. The van der Waals surface area contributed by atoms with Gasteiger partial charge in [0, 0.05) is 19.3 Å². The van der Waals surface area contributed by atoms with Crippen LogP contribution in [0.3, 0.4) is 0 Å². The molecule has 0 aliphatic carbocycles. The minimum atomic E-state index is -1.14. The fourth-order valence-electron chi connectivity index (χ4n) is 2.93. The van der Waals surface area contributed by atoms with Gasteiger partial charge in [0.25, 0.3) is 5.91 Å². The van der Waals surface area contributed by atoms with Gasteiger partial charge in [0.15, 0.2) is 0 Å². The van der Waals surface area contributed by atoms with Crippen LogP contribution in [0, 0.1) is 5.92 Å². The molecular formula is C22H31N3O6. The maximum absolute atomic E-state index is 12.8. The van der Waals surface area contributed by atoms with Gasteiger partial charge in [-0.3, -0.25) is 24.0 Å². The van der Waals surface area contributed by atoms with Gasteiger partial charge in [-0.05, 0) is 24.3 Å². The van der Waals surface area contributed by atoms with Gasteiger partial charge in [0.05, 0.1) is 7.11 Å². The number of Topliss-reactive ketones (excluding diaryl/α,β-unsaturated/α-hetero) is 1. The number of carbonyl (C=O) groups excluding carboxylic acids is 5. The maximum Gasteiger partial charge on any atom is 0.305 e.